The molecule has 0 aliphatic heterocycles. The molecule has 0 atom stereocenters. The minimum Gasteiger partial charge on any atom is -0.325 e. The summed E-state index contributed by atoms with van der Waals surface area (Å²) in [5, 5.41) is 12.8. The van der Waals surface area contributed by atoms with Crippen molar-refractivity contribution < 1.29 is 4.79 Å². The maximum absolute atomic E-state index is 12.5. The van der Waals surface area contributed by atoms with E-state index in [1.807, 2.05) is 54.0 Å². The number of rotatable bonds is 6. The lowest BCUT2D eigenvalue weighted by Gasteiger charge is -2.11. The number of nitrogens with one attached hydrogen (secondary N) is 1. The first-order chi connectivity index (χ1) is 15.0. The fraction of sp³-hybridized carbons (Fsp3) is 0.0909. The molecule has 2 heterocycles. The van der Waals surface area contributed by atoms with E-state index in [1.54, 1.807) is 24.5 Å². The number of hydrogen-bond donors (Lipinski definition) is 1. The molecule has 1 N–H and O–H groups in total. The number of hydrogen-bond acceptors (Lipinski definition) is 5. The van der Waals surface area contributed by atoms with Gasteiger partial charge in [0.25, 0.3) is 0 Å². The summed E-state index contributed by atoms with van der Waals surface area (Å²) in [4.78, 5) is 16.7. The zero-order valence-corrected chi connectivity index (χ0v) is 19.6. The molecule has 9 heteroatoms. The Bertz CT molecular complexity index is 1210. The van der Waals surface area contributed by atoms with Gasteiger partial charge < -0.3 is 5.32 Å². The predicted octanol–water partition coefficient (Wildman–Crippen LogP) is 5.78. The SMILES string of the molecule is Cc1cc(NC(=O)CSc2nnc(-c3cccnc3)n2-c2ccc(Cl)cc2)ccc1Br. The molecular formula is C22H17BrClN5OS. The van der Waals surface area contributed by atoms with Crippen molar-refractivity contribution >= 4 is 50.9 Å². The average Bonchev–Trinajstić information content (AvgIpc) is 3.20. The van der Waals surface area contributed by atoms with Crippen molar-refractivity contribution in [3.05, 3.63) is 82.0 Å². The summed E-state index contributed by atoms with van der Waals surface area (Å²) >= 11 is 10.8. The summed E-state index contributed by atoms with van der Waals surface area (Å²) < 4.78 is 2.90. The summed E-state index contributed by atoms with van der Waals surface area (Å²) in [6, 6.07) is 16.8. The topological polar surface area (TPSA) is 72.7 Å². The Morgan fingerprint density at radius 3 is 2.68 bits per heavy atom. The summed E-state index contributed by atoms with van der Waals surface area (Å²) in [5.41, 5.74) is 3.47. The zero-order valence-electron chi connectivity index (χ0n) is 16.4. The number of nitrogens with zero attached hydrogens (tertiary/aromatic N) is 4. The van der Waals surface area contributed by atoms with Crippen molar-refractivity contribution in [3.8, 4) is 17.1 Å². The first-order valence-corrected chi connectivity index (χ1v) is 11.5. The molecule has 4 aromatic rings. The number of amides is 1. The minimum absolute atomic E-state index is 0.125. The second-order valence-electron chi connectivity index (χ2n) is 6.66. The second kappa shape index (κ2) is 9.64. The van der Waals surface area contributed by atoms with Gasteiger partial charge in [-0.05, 0) is 67.1 Å². The number of benzene rings is 2. The number of carbonyl (C=O) groups is 1. The lowest BCUT2D eigenvalue weighted by molar-refractivity contribution is -0.113. The predicted molar refractivity (Wildman–Crippen MR) is 128 cm³/mol. The van der Waals surface area contributed by atoms with E-state index < -0.39 is 0 Å². The first kappa shape index (κ1) is 21.5. The van der Waals surface area contributed by atoms with Crippen LogP contribution in [-0.4, -0.2) is 31.4 Å². The van der Waals surface area contributed by atoms with Gasteiger partial charge in [0.05, 0.1) is 5.75 Å². The molecule has 0 saturated carbocycles. The van der Waals surface area contributed by atoms with Crippen LogP contribution in [-0.2, 0) is 4.79 Å². The molecule has 4 rings (SSSR count). The molecule has 2 aromatic carbocycles. The fourth-order valence-electron chi connectivity index (χ4n) is 2.92. The number of halogens is 2. The summed E-state index contributed by atoms with van der Waals surface area (Å²) in [7, 11) is 0. The number of carbonyl (C=O) groups excluding carboxylic acids is 1. The van der Waals surface area contributed by atoms with E-state index >= 15 is 0 Å². The van der Waals surface area contributed by atoms with Crippen molar-refractivity contribution in [1.29, 1.82) is 0 Å². The van der Waals surface area contributed by atoms with Crippen molar-refractivity contribution in [2.75, 3.05) is 11.1 Å². The normalized spacial score (nSPS) is 10.8. The summed E-state index contributed by atoms with van der Waals surface area (Å²) in [6.07, 6.45) is 3.43. The van der Waals surface area contributed by atoms with Gasteiger partial charge in [0, 0.05) is 38.8 Å². The van der Waals surface area contributed by atoms with Crippen molar-refractivity contribution in [2.24, 2.45) is 0 Å². The minimum atomic E-state index is -0.125. The smallest absolute Gasteiger partial charge is 0.234 e. The second-order valence-corrected chi connectivity index (χ2v) is 8.89. The third-order valence-electron chi connectivity index (χ3n) is 4.41. The molecule has 156 valence electrons. The maximum Gasteiger partial charge on any atom is 0.234 e. The largest absolute Gasteiger partial charge is 0.325 e. The van der Waals surface area contributed by atoms with E-state index in [4.69, 9.17) is 11.6 Å². The van der Waals surface area contributed by atoms with Crippen LogP contribution in [0.2, 0.25) is 5.02 Å². The van der Waals surface area contributed by atoms with Gasteiger partial charge in [-0.2, -0.15) is 0 Å². The van der Waals surface area contributed by atoms with E-state index in [9.17, 15) is 4.79 Å². The van der Waals surface area contributed by atoms with Crippen molar-refractivity contribution in [2.45, 2.75) is 12.1 Å². The molecule has 0 aliphatic rings. The highest BCUT2D eigenvalue weighted by atomic mass is 79.9. The number of thioether (sulfide) groups is 1. The number of aryl methyl sites for hydroxylation is 1. The highest BCUT2D eigenvalue weighted by Gasteiger charge is 2.17. The van der Waals surface area contributed by atoms with Crippen LogP contribution in [0.4, 0.5) is 5.69 Å². The summed E-state index contributed by atoms with van der Waals surface area (Å²) in [5.74, 6) is 0.704. The van der Waals surface area contributed by atoms with Crippen LogP contribution in [0.25, 0.3) is 17.1 Å². The fourth-order valence-corrected chi connectivity index (χ4v) is 4.04. The first-order valence-electron chi connectivity index (χ1n) is 9.32. The molecule has 0 bridgehead atoms. The van der Waals surface area contributed by atoms with E-state index in [2.05, 4.69) is 36.4 Å². The van der Waals surface area contributed by atoms with Gasteiger partial charge in [-0.15, -0.1) is 10.2 Å². The molecule has 0 fully saturated rings. The van der Waals surface area contributed by atoms with Crippen LogP contribution in [0.5, 0.6) is 0 Å². The Kier molecular flexibility index (Phi) is 6.70. The lowest BCUT2D eigenvalue weighted by atomic mass is 10.2. The Morgan fingerprint density at radius 1 is 1.16 bits per heavy atom. The van der Waals surface area contributed by atoms with E-state index in [1.165, 1.54) is 11.8 Å². The highest BCUT2D eigenvalue weighted by molar-refractivity contribution is 9.10. The van der Waals surface area contributed by atoms with E-state index in [0.29, 0.717) is 16.0 Å². The molecule has 0 spiro atoms. The quantitative estimate of drug-likeness (QED) is 0.330. The van der Waals surface area contributed by atoms with Crippen LogP contribution in [0.3, 0.4) is 0 Å². The maximum atomic E-state index is 12.5. The third-order valence-corrected chi connectivity index (χ3v) is 6.48. The van der Waals surface area contributed by atoms with Gasteiger partial charge in [0.15, 0.2) is 11.0 Å². The van der Waals surface area contributed by atoms with Gasteiger partial charge in [-0.1, -0.05) is 39.3 Å². The highest BCUT2D eigenvalue weighted by Crippen LogP contribution is 2.28. The molecule has 6 nitrogen and oxygen atoms in total. The van der Waals surface area contributed by atoms with Crippen molar-refractivity contribution in [1.82, 2.24) is 19.7 Å². The zero-order chi connectivity index (χ0) is 21.8. The monoisotopic (exact) mass is 513 g/mol. The van der Waals surface area contributed by atoms with Crippen LogP contribution < -0.4 is 5.32 Å². The molecule has 2 aromatic heterocycles. The third kappa shape index (κ3) is 5.15. The van der Waals surface area contributed by atoms with Gasteiger partial charge >= 0.3 is 0 Å². The standard InChI is InChI=1S/C22H17BrClN5OS/c1-14-11-17(6-9-19(14)23)26-20(30)13-31-22-28-27-21(15-3-2-10-25-12-15)29(22)18-7-4-16(24)5-8-18/h2-12H,13H2,1H3,(H,26,30). The number of pyridine rings is 1. The molecular weight excluding hydrogens is 498 g/mol. The number of aromatic nitrogens is 4. The average molecular weight is 515 g/mol. The van der Waals surface area contributed by atoms with Gasteiger partial charge in [-0.25, -0.2) is 0 Å². The van der Waals surface area contributed by atoms with Gasteiger partial charge in [-0.3, -0.25) is 14.3 Å². The Labute approximate surface area is 197 Å². The molecule has 31 heavy (non-hydrogen) atoms. The van der Waals surface area contributed by atoms with Crippen LogP contribution in [0.15, 0.2) is 76.6 Å². The molecule has 0 saturated heterocycles. The molecule has 0 aliphatic carbocycles. The molecule has 1 amide bonds. The van der Waals surface area contributed by atoms with E-state index in [0.717, 1.165) is 27.0 Å². The van der Waals surface area contributed by atoms with Crippen LogP contribution in [0.1, 0.15) is 5.56 Å². The van der Waals surface area contributed by atoms with Crippen LogP contribution in [0, 0.1) is 6.92 Å². The Morgan fingerprint density at radius 2 is 1.97 bits per heavy atom. The lowest BCUT2D eigenvalue weighted by Crippen LogP contribution is -2.14. The van der Waals surface area contributed by atoms with Gasteiger partial charge in [0.2, 0.25) is 5.91 Å². The summed E-state index contributed by atoms with van der Waals surface area (Å²) in [6.45, 7) is 1.98. The van der Waals surface area contributed by atoms with E-state index in [-0.39, 0.29) is 11.7 Å². The number of anilines is 1. The molecule has 0 unspecified atom stereocenters. The van der Waals surface area contributed by atoms with Gasteiger partial charge in [0.1, 0.15) is 0 Å². The van der Waals surface area contributed by atoms with Crippen molar-refractivity contribution in [3.63, 3.8) is 0 Å². The van der Waals surface area contributed by atoms with Crippen LogP contribution >= 0.6 is 39.3 Å². The Balaban J connectivity index is 1.57. The molecule has 0 radical (unpaired) electrons. The Hall–Kier alpha value is -2.68.